The Morgan fingerprint density at radius 1 is 1.41 bits per heavy atom. The van der Waals surface area contributed by atoms with Crippen LogP contribution in [0.15, 0.2) is 43.2 Å². The molecular formula is C15H15ClN4O2. The molecule has 2 rings (SSSR count). The minimum atomic E-state index is -0.356. The van der Waals surface area contributed by atoms with Crippen LogP contribution in [0.4, 0.5) is 11.5 Å². The summed E-state index contributed by atoms with van der Waals surface area (Å²) in [5.74, 6) is 0.732. The molecule has 2 N–H and O–H groups in total. The van der Waals surface area contributed by atoms with E-state index in [1.54, 1.807) is 30.3 Å². The highest BCUT2D eigenvalue weighted by Gasteiger charge is 2.10. The van der Waals surface area contributed by atoms with Gasteiger partial charge in [-0.05, 0) is 18.2 Å². The van der Waals surface area contributed by atoms with Crippen LogP contribution in [0.2, 0.25) is 5.02 Å². The number of carbonyl (C=O) groups excluding carboxylic acids is 1. The second kappa shape index (κ2) is 7.42. The van der Waals surface area contributed by atoms with Gasteiger partial charge in [-0.15, -0.1) is 6.58 Å². The number of anilines is 2. The highest BCUT2D eigenvalue weighted by molar-refractivity contribution is 6.32. The lowest BCUT2D eigenvalue weighted by Gasteiger charge is -2.08. The average molecular weight is 319 g/mol. The standard InChI is InChI=1S/C15H15ClN4O2/c1-3-6-17-14-8-12(18-9-19-14)15(21)20-10-4-5-13(22-2)11(16)7-10/h3-5,7-9H,1,6H2,2H3,(H,20,21)(H,17,18,19). The molecule has 0 aliphatic rings. The Labute approximate surface area is 133 Å². The topological polar surface area (TPSA) is 76.1 Å². The number of nitrogens with one attached hydrogen (secondary N) is 2. The van der Waals surface area contributed by atoms with Crippen molar-refractivity contribution in [1.82, 2.24) is 9.97 Å². The summed E-state index contributed by atoms with van der Waals surface area (Å²) >= 11 is 6.02. The smallest absolute Gasteiger partial charge is 0.274 e. The van der Waals surface area contributed by atoms with Crippen molar-refractivity contribution < 1.29 is 9.53 Å². The maximum Gasteiger partial charge on any atom is 0.274 e. The van der Waals surface area contributed by atoms with Crippen LogP contribution in [-0.4, -0.2) is 29.5 Å². The number of halogens is 1. The largest absolute Gasteiger partial charge is 0.495 e. The van der Waals surface area contributed by atoms with E-state index < -0.39 is 0 Å². The van der Waals surface area contributed by atoms with E-state index >= 15 is 0 Å². The van der Waals surface area contributed by atoms with Crippen LogP contribution >= 0.6 is 11.6 Å². The first-order valence-electron chi connectivity index (χ1n) is 6.45. The Balaban J connectivity index is 2.11. The summed E-state index contributed by atoms with van der Waals surface area (Å²) in [7, 11) is 1.53. The fraction of sp³-hybridized carbons (Fsp3) is 0.133. The normalized spacial score (nSPS) is 9.91. The van der Waals surface area contributed by atoms with Gasteiger partial charge in [-0.1, -0.05) is 17.7 Å². The van der Waals surface area contributed by atoms with Crippen LogP contribution in [-0.2, 0) is 0 Å². The van der Waals surface area contributed by atoms with E-state index in [2.05, 4.69) is 27.2 Å². The van der Waals surface area contributed by atoms with E-state index in [1.165, 1.54) is 13.4 Å². The molecule has 0 aliphatic carbocycles. The molecule has 0 saturated heterocycles. The van der Waals surface area contributed by atoms with Crippen molar-refractivity contribution >= 4 is 29.0 Å². The van der Waals surface area contributed by atoms with Crippen molar-refractivity contribution in [1.29, 1.82) is 0 Å². The SMILES string of the molecule is C=CCNc1cc(C(=O)Nc2ccc(OC)c(Cl)c2)ncn1. The van der Waals surface area contributed by atoms with E-state index in [4.69, 9.17) is 16.3 Å². The quantitative estimate of drug-likeness (QED) is 0.801. The van der Waals surface area contributed by atoms with Gasteiger partial charge in [0, 0.05) is 18.3 Å². The van der Waals surface area contributed by atoms with Gasteiger partial charge in [0.2, 0.25) is 0 Å². The third-order valence-electron chi connectivity index (χ3n) is 2.74. The summed E-state index contributed by atoms with van der Waals surface area (Å²) in [6, 6.07) is 6.54. The van der Waals surface area contributed by atoms with Gasteiger partial charge < -0.3 is 15.4 Å². The molecule has 0 spiro atoms. The van der Waals surface area contributed by atoms with Gasteiger partial charge in [0.25, 0.3) is 5.91 Å². The molecule has 0 bridgehead atoms. The number of amides is 1. The van der Waals surface area contributed by atoms with Gasteiger partial charge in [0.15, 0.2) is 0 Å². The zero-order chi connectivity index (χ0) is 15.9. The van der Waals surface area contributed by atoms with Crippen LogP contribution in [0.5, 0.6) is 5.75 Å². The van der Waals surface area contributed by atoms with E-state index in [9.17, 15) is 4.79 Å². The lowest BCUT2D eigenvalue weighted by Crippen LogP contribution is -2.14. The molecule has 2 aromatic rings. The van der Waals surface area contributed by atoms with Crippen LogP contribution < -0.4 is 15.4 Å². The molecular weight excluding hydrogens is 304 g/mol. The second-order valence-corrected chi connectivity index (χ2v) is 4.67. The zero-order valence-electron chi connectivity index (χ0n) is 12.0. The number of benzene rings is 1. The summed E-state index contributed by atoms with van der Waals surface area (Å²) in [5.41, 5.74) is 0.795. The molecule has 0 unspecified atom stereocenters. The Kier molecular flexibility index (Phi) is 5.32. The molecule has 7 heteroatoms. The number of methoxy groups -OCH3 is 1. The lowest BCUT2D eigenvalue weighted by molar-refractivity contribution is 0.102. The number of hydrogen-bond donors (Lipinski definition) is 2. The maximum absolute atomic E-state index is 12.2. The van der Waals surface area contributed by atoms with Crippen LogP contribution in [0, 0.1) is 0 Å². The summed E-state index contributed by atoms with van der Waals surface area (Å²) in [5, 5.41) is 6.12. The first-order valence-corrected chi connectivity index (χ1v) is 6.83. The van der Waals surface area contributed by atoms with Crippen molar-refractivity contribution in [2.24, 2.45) is 0 Å². The summed E-state index contributed by atoms with van der Waals surface area (Å²) in [4.78, 5) is 20.2. The van der Waals surface area contributed by atoms with Gasteiger partial charge in [0.1, 0.15) is 23.6 Å². The minimum absolute atomic E-state index is 0.244. The van der Waals surface area contributed by atoms with Gasteiger partial charge >= 0.3 is 0 Å². The van der Waals surface area contributed by atoms with Crippen molar-refractivity contribution in [3.63, 3.8) is 0 Å². The number of nitrogens with zero attached hydrogens (tertiary/aromatic N) is 2. The molecule has 22 heavy (non-hydrogen) atoms. The Morgan fingerprint density at radius 3 is 2.91 bits per heavy atom. The zero-order valence-corrected chi connectivity index (χ0v) is 12.7. The molecule has 0 aliphatic heterocycles. The number of carbonyl (C=O) groups is 1. The monoisotopic (exact) mass is 318 g/mol. The summed E-state index contributed by atoms with van der Waals surface area (Å²) in [6.07, 6.45) is 3.02. The van der Waals surface area contributed by atoms with Crippen molar-refractivity contribution in [2.75, 3.05) is 24.3 Å². The molecule has 6 nitrogen and oxygen atoms in total. The summed E-state index contributed by atoms with van der Waals surface area (Å²) < 4.78 is 5.06. The Hall–Kier alpha value is -2.60. The number of hydrogen-bond acceptors (Lipinski definition) is 5. The van der Waals surface area contributed by atoms with Crippen LogP contribution in [0.25, 0.3) is 0 Å². The lowest BCUT2D eigenvalue weighted by atomic mass is 10.3. The van der Waals surface area contributed by atoms with Gasteiger partial charge in [-0.3, -0.25) is 4.79 Å². The van der Waals surface area contributed by atoms with Crippen LogP contribution in [0.1, 0.15) is 10.5 Å². The summed E-state index contributed by atoms with van der Waals surface area (Å²) in [6.45, 7) is 4.15. The van der Waals surface area contributed by atoms with Gasteiger partial charge in [0.05, 0.1) is 12.1 Å². The second-order valence-electron chi connectivity index (χ2n) is 4.26. The average Bonchev–Trinajstić information content (AvgIpc) is 2.53. The molecule has 114 valence electrons. The van der Waals surface area contributed by atoms with E-state index in [1.807, 2.05) is 0 Å². The number of rotatable bonds is 6. The van der Waals surface area contributed by atoms with Gasteiger partial charge in [-0.25, -0.2) is 9.97 Å². The molecule has 1 amide bonds. The molecule has 0 atom stereocenters. The Morgan fingerprint density at radius 2 is 2.23 bits per heavy atom. The highest BCUT2D eigenvalue weighted by Crippen LogP contribution is 2.27. The van der Waals surface area contributed by atoms with Crippen molar-refractivity contribution in [3.05, 3.63) is 54.0 Å². The maximum atomic E-state index is 12.2. The highest BCUT2D eigenvalue weighted by atomic mass is 35.5. The first-order chi connectivity index (χ1) is 10.6. The van der Waals surface area contributed by atoms with Crippen molar-refractivity contribution in [2.45, 2.75) is 0 Å². The minimum Gasteiger partial charge on any atom is -0.495 e. The first kappa shape index (κ1) is 15.8. The predicted octanol–water partition coefficient (Wildman–Crippen LogP) is 2.99. The predicted molar refractivity (Wildman–Crippen MR) is 86.7 cm³/mol. The number of ether oxygens (including phenoxy) is 1. The fourth-order valence-corrected chi connectivity index (χ4v) is 1.95. The Bertz CT molecular complexity index is 691. The molecule has 1 aromatic heterocycles. The molecule has 0 saturated carbocycles. The third kappa shape index (κ3) is 3.95. The van der Waals surface area contributed by atoms with E-state index in [0.29, 0.717) is 28.8 Å². The van der Waals surface area contributed by atoms with E-state index in [0.717, 1.165) is 0 Å². The number of aromatic nitrogens is 2. The van der Waals surface area contributed by atoms with E-state index in [-0.39, 0.29) is 11.6 Å². The van der Waals surface area contributed by atoms with Crippen LogP contribution in [0.3, 0.4) is 0 Å². The van der Waals surface area contributed by atoms with Crippen molar-refractivity contribution in [3.8, 4) is 5.75 Å². The molecule has 0 fully saturated rings. The molecule has 0 radical (unpaired) electrons. The fourth-order valence-electron chi connectivity index (χ4n) is 1.69. The molecule has 1 heterocycles. The third-order valence-corrected chi connectivity index (χ3v) is 3.03. The van der Waals surface area contributed by atoms with Gasteiger partial charge in [-0.2, -0.15) is 0 Å². The molecule has 1 aromatic carbocycles.